The number of hydrogen-bond donors (Lipinski definition) is 0. The molecule has 8 atom stereocenters. The van der Waals surface area contributed by atoms with Crippen LogP contribution in [0.3, 0.4) is 0 Å². The third kappa shape index (κ3) is 8.05. The lowest BCUT2D eigenvalue weighted by Gasteiger charge is -2.45. The van der Waals surface area contributed by atoms with Gasteiger partial charge in [-0.2, -0.15) is 0 Å². The van der Waals surface area contributed by atoms with Gasteiger partial charge in [-0.15, -0.1) is 0 Å². The van der Waals surface area contributed by atoms with Gasteiger partial charge in [0.15, 0.2) is 26.5 Å². The van der Waals surface area contributed by atoms with E-state index in [1.165, 1.54) is 24.8 Å². The van der Waals surface area contributed by atoms with Crippen molar-refractivity contribution in [2.45, 2.75) is 175 Å². The van der Waals surface area contributed by atoms with Gasteiger partial charge in [0.25, 0.3) is 0 Å². The van der Waals surface area contributed by atoms with Crippen molar-refractivity contribution in [3.63, 3.8) is 0 Å². The average Bonchev–Trinajstić information content (AvgIpc) is 3.39. The first-order valence-corrected chi connectivity index (χ1v) is 26.5. The summed E-state index contributed by atoms with van der Waals surface area (Å²) in [4.78, 5) is 0. The lowest BCUT2D eigenvalue weighted by atomic mass is 9.61. The maximum absolute atomic E-state index is 14.2. The number of sulfone groups is 1. The van der Waals surface area contributed by atoms with E-state index in [1.807, 2.05) is 0 Å². The Labute approximate surface area is 293 Å². The standard InChI is InChI=1S/C40H72O4SSi2/c1-27(2)28(3)18-19-29(4)34-20-21-35-30(17-16-22-40(34,35)11)23-37-32-24-31(43-46(12,13)38(5,6)7)25-36(33(32)26-45(37,41)42)44-47(14,15)39(8,9)10/h18-19,23,27-29,31,34-37H,16-17,20-22,24-26H2,1-15H3/b19-18+,30-23+/t28-,29?,31+,34+,35-,36-,37?,40+/m0/s1. The highest BCUT2D eigenvalue weighted by atomic mass is 32.2. The Bertz CT molecular complexity index is 1340. The smallest absolute Gasteiger partial charge is 0.192 e. The van der Waals surface area contributed by atoms with Crippen LogP contribution in [0.5, 0.6) is 0 Å². The van der Waals surface area contributed by atoms with E-state index in [0.29, 0.717) is 36.0 Å². The fraction of sp³-hybridized carbons (Fsp3) is 0.850. The number of fused-ring (bicyclic) bond motifs is 1. The van der Waals surface area contributed by atoms with E-state index in [4.69, 9.17) is 8.85 Å². The molecule has 0 bridgehead atoms. The van der Waals surface area contributed by atoms with E-state index >= 15 is 0 Å². The molecule has 3 aliphatic carbocycles. The number of allylic oxidation sites excluding steroid dienone is 3. The molecule has 0 amide bonds. The molecule has 0 aromatic heterocycles. The van der Waals surface area contributed by atoms with Crippen molar-refractivity contribution < 1.29 is 17.3 Å². The lowest BCUT2D eigenvalue weighted by Crippen LogP contribution is -2.49. The fourth-order valence-electron chi connectivity index (χ4n) is 8.64. The Balaban J connectivity index is 1.70. The van der Waals surface area contributed by atoms with Gasteiger partial charge in [0.2, 0.25) is 0 Å². The first-order chi connectivity index (χ1) is 21.3. The first-order valence-electron chi connectivity index (χ1n) is 19.0. The third-order valence-corrected chi connectivity index (χ3v) is 25.1. The summed E-state index contributed by atoms with van der Waals surface area (Å²) in [5, 5.41) is -0.398. The fourth-order valence-corrected chi connectivity index (χ4v) is 13.4. The maximum Gasteiger partial charge on any atom is 0.192 e. The molecular formula is C40H72O4SSi2. The minimum atomic E-state index is -3.36. The Hall–Kier alpha value is -0.476. The van der Waals surface area contributed by atoms with Crippen LogP contribution in [0.1, 0.15) is 121 Å². The molecular weight excluding hydrogens is 633 g/mol. The SMILES string of the molecule is CC(/C=C/[C@H](C)C(C)C)[C@H]1CC[C@H]2/C(=C/C3C4=C(CS3(=O)=O)[C@@H](O[Si](C)(C)C(C)(C)C)C[C@H](O[Si](C)(C)C(C)(C)C)C4)CCC[C@]12C. The summed E-state index contributed by atoms with van der Waals surface area (Å²) in [5.74, 6) is 3.03. The molecule has 0 aromatic rings. The van der Waals surface area contributed by atoms with Crippen molar-refractivity contribution in [2.24, 2.45) is 35.0 Å². The van der Waals surface area contributed by atoms with Crippen molar-refractivity contribution in [1.82, 2.24) is 0 Å². The van der Waals surface area contributed by atoms with Crippen LogP contribution in [0.25, 0.3) is 0 Å². The zero-order valence-corrected chi connectivity index (χ0v) is 35.9. The van der Waals surface area contributed by atoms with Crippen LogP contribution in [0.2, 0.25) is 36.3 Å². The van der Waals surface area contributed by atoms with Gasteiger partial charge in [-0.3, -0.25) is 0 Å². The van der Waals surface area contributed by atoms with Gasteiger partial charge in [-0.05, 0) is 121 Å². The molecule has 4 aliphatic rings. The molecule has 1 heterocycles. The topological polar surface area (TPSA) is 52.6 Å². The molecule has 2 fully saturated rings. The Morgan fingerprint density at radius 3 is 2.04 bits per heavy atom. The molecule has 270 valence electrons. The number of rotatable bonds is 9. The summed E-state index contributed by atoms with van der Waals surface area (Å²) < 4.78 is 42.7. The van der Waals surface area contributed by atoms with Crippen LogP contribution in [0.4, 0.5) is 0 Å². The van der Waals surface area contributed by atoms with E-state index in [0.717, 1.165) is 30.4 Å². The van der Waals surface area contributed by atoms with E-state index in [9.17, 15) is 8.42 Å². The second-order valence-electron chi connectivity index (χ2n) is 19.8. The first kappa shape index (κ1) is 39.3. The summed E-state index contributed by atoms with van der Waals surface area (Å²) in [6.45, 7) is 34.8. The summed E-state index contributed by atoms with van der Waals surface area (Å²) in [5.41, 5.74) is 3.82. The predicted octanol–water partition coefficient (Wildman–Crippen LogP) is 11.3. The molecule has 1 aliphatic heterocycles. The largest absolute Gasteiger partial charge is 0.414 e. The molecule has 0 N–H and O–H groups in total. The third-order valence-electron chi connectivity index (χ3n) is 14.1. The van der Waals surface area contributed by atoms with Crippen LogP contribution in [0, 0.1) is 35.0 Å². The summed E-state index contributed by atoms with van der Waals surface area (Å²) in [6, 6.07) is 0. The summed E-state index contributed by atoms with van der Waals surface area (Å²) in [7, 11) is -7.58. The van der Waals surface area contributed by atoms with Gasteiger partial charge < -0.3 is 8.85 Å². The molecule has 47 heavy (non-hydrogen) atoms. The predicted molar refractivity (Wildman–Crippen MR) is 207 cm³/mol. The summed E-state index contributed by atoms with van der Waals surface area (Å²) >= 11 is 0. The van der Waals surface area contributed by atoms with Gasteiger partial charge >= 0.3 is 0 Å². The molecule has 0 aromatic carbocycles. The van der Waals surface area contributed by atoms with Crippen LogP contribution >= 0.6 is 0 Å². The zero-order valence-electron chi connectivity index (χ0n) is 33.0. The lowest BCUT2D eigenvalue weighted by molar-refractivity contribution is 0.0979. The molecule has 0 spiro atoms. The molecule has 0 saturated heterocycles. The van der Waals surface area contributed by atoms with Gasteiger partial charge in [-0.1, -0.05) is 100.0 Å². The van der Waals surface area contributed by atoms with Crippen molar-refractivity contribution in [3.8, 4) is 0 Å². The van der Waals surface area contributed by atoms with Crippen LogP contribution in [-0.2, 0) is 18.7 Å². The van der Waals surface area contributed by atoms with Gasteiger partial charge in [-0.25, -0.2) is 8.42 Å². The monoisotopic (exact) mass is 704 g/mol. The van der Waals surface area contributed by atoms with E-state index < -0.39 is 31.7 Å². The molecule has 0 radical (unpaired) electrons. The van der Waals surface area contributed by atoms with E-state index in [-0.39, 0.29) is 33.5 Å². The van der Waals surface area contributed by atoms with Crippen LogP contribution in [0.15, 0.2) is 34.9 Å². The highest BCUT2D eigenvalue weighted by molar-refractivity contribution is 7.92. The van der Waals surface area contributed by atoms with Crippen molar-refractivity contribution in [1.29, 1.82) is 0 Å². The minimum Gasteiger partial charge on any atom is -0.414 e. The summed E-state index contributed by atoms with van der Waals surface area (Å²) in [6.07, 6.45) is 14.3. The molecule has 4 rings (SSSR count). The maximum atomic E-state index is 14.2. The molecule has 2 saturated carbocycles. The van der Waals surface area contributed by atoms with Gasteiger partial charge in [0.05, 0.1) is 18.0 Å². The van der Waals surface area contributed by atoms with E-state index in [2.05, 4.69) is 121 Å². The Morgan fingerprint density at radius 2 is 1.47 bits per heavy atom. The average molecular weight is 705 g/mol. The van der Waals surface area contributed by atoms with Crippen molar-refractivity contribution in [2.75, 3.05) is 5.75 Å². The quantitative estimate of drug-likeness (QED) is 0.177. The molecule has 4 nitrogen and oxygen atoms in total. The second kappa shape index (κ2) is 13.6. The van der Waals surface area contributed by atoms with Crippen LogP contribution < -0.4 is 0 Å². The van der Waals surface area contributed by atoms with Crippen LogP contribution in [-0.4, -0.2) is 48.3 Å². The normalized spacial score (nSPS) is 34.3. The van der Waals surface area contributed by atoms with Crippen molar-refractivity contribution in [3.05, 3.63) is 34.9 Å². The number of hydrogen-bond acceptors (Lipinski definition) is 4. The molecule has 2 unspecified atom stereocenters. The van der Waals surface area contributed by atoms with Gasteiger partial charge in [0.1, 0.15) is 5.25 Å². The Kier molecular flexibility index (Phi) is 11.4. The second-order valence-corrected chi connectivity index (χ2v) is 31.4. The zero-order chi connectivity index (χ0) is 35.5. The Morgan fingerprint density at radius 1 is 0.872 bits per heavy atom. The minimum absolute atomic E-state index is 0.00744. The van der Waals surface area contributed by atoms with E-state index in [1.54, 1.807) is 0 Å². The van der Waals surface area contributed by atoms with Crippen molar-refractivity contribution >= 4 is 26.5 Å². The van der Waals surface area contributed by atoms with Gasteiger partial charge in [0, 0.05) is 6.42 Å². The highest BCUT2D eigenvalue weighted by Crippen LogP contribution is 2.60. The molecule has 7 heteroatoms. The highest BCUT2D eigenvalue weighted by Gasteiger charge is 2.53.